The number of carbonyl (C=O) groups excluding carboxylic acids is 3. The predicted molar refractivity (Wildman–Crippen MR) is 102 cm³/mol. The number of fused-ring (bicyclic) bond motifs is 2. The van der Waals surface area contributed by atoms with Gasteiger partial charge >= 0.3 is 0 Å². The molecule has 2 aromatic carbocycles. The highest BCUT2D eigenvalue weighted by Crippen LogP contribution is 2.49. The van der Waals surface area contributed by atoms with E-state index in [9.17, 15) is 14.4 Å². The summed E-state index contributed by atoms with van der Waals surface area (Å²) in [6, 6.07) is 13.5. The number of amides is 3. The number of allylic oxidation sites excluding steroid dienone is 2. The van der Waals surface area contributed by atoms with Crippen LogP contribution in [0.5, 0.6) is 0 Å². The van der Waals surface area contributed by atoms with Crippen molar-refractivity contribution in [1.29, 1.82) is 0 Å². The van der Waals surface area contributed by atoms with Gasteiger partial charge in [0.05, 0.1) is 11.8 Å². The van der Waals surface area contributed by atoms with E-state index in [4.69, 9.17) is 0 Å². The minimum atomic E-state index is -0.341. The van der Waals surface area contributed by atoms with Crippen molar-refractivity contribution in [2.24, 2.45) is 23.7 Å². The van der Waals surface area contributed by atoms with E-state index < -0.39 is 0 Å². The van der Waals surface area contributed by atoms with Gasteiger partial charge in [-0.2, -0.15) is 0 Å². The molecule has 4 aliphatic rings. The Morgan fingerprint density at radius 2 is 1.56 bits per heavy atom. The van der Waals surface area contributed by atoms with E-state index in [-0.39, 0.29) is 47.9 Å². The molecule has 5 heteroatoms. The standard InChI is InChI=1S/C22H20N2O3/c25-18(23-17-7-3-5-13-4-1-2-6-16(13)17)12-24-21(26)19-14-8-9-15(11-10-14)20(19)22(24)27/h1-9,14-15,19-20H,10-12H2,(H,23,25)/t14-,15-,19-,20+/m0/s1. The highest BCUT2D eigenvalue weighted by Gasteiger charge is 2.56. The summed E-state index contributed by atoms with van der Waals surface area (Å²) in [4.78, 5) is 39.5. The molecule has 1 saturated carbocycles. The molecular formula is C22H20N2O3. The van der Waals surface area contributed by atoms with Crippen LogP contribution in [0.3, 0.4) is 0 Å². The second kappa shape index (κ2) is 6.05. The summed E-state index contributed by atoms with van der Waals surface area (Å²) in [5.74, 6) is -0.968. The molecule has 2 aromatic rings. The monoisotopic (exact) mass is 360 g/mol. The van der Waals surface area contributed by atoms with Crippen molar-refractivity contribution in [1.82, 2.24) is 4.90 Å². The van der Waals surface area contributed by atoms with Crippen molar-refractivity contribution in [3.05, 3.63) is 54.6 Å². The number of hydrogen-bond acceptors (Lipinski definition) is 3. The Hall–Kier alpha value is -2.95. The average Bonchev–Trinajstić information content (AvgIpc) is 2.96. The van der Waals surface area contributed by atoms with Crippen LogP contribution in [-0.4, -0.2) is 29.2 Å². The van der Waals surface area contributed by atoms with E-state index in [1.165, 1.54) is 4.90 Å². The van der Waals surface area contributed by atoms with Crippen LogP contribution in [0.15, 0.2) is 54.6 Å². The minimum Gasteiger partial charge on any atom is -0.324 e. The topological polar surface area (TPSA) is 66.5 Å². The maximum atomic E-state index is 12.8. The fraction of sp³-hybridized carbons (Fsp3) is 0.318. The van der Waals surface area contributed by atoms with Gasteiger partial charge in [0.1, 0.15) is 6.54 Å². The molecular weight excluding hydrogens is 340 g/mol. The van der Waals surface area contributed by atoms with Crippen LogP contribution < -0.4 is 5.32 Å². The minimum absolute atomic E-state index is 0.141. The number of imide groups is 1. The lowest BCUT2D eigenvalue weighted by Gasteiger charge is -2.38. The molecule has 0 unspecified atom stereocenters. The van der Waals surface area contributed by atoms with Gasteiger partial charge in [0.25, 0.3) is 0 Å². The second-order valence-corrected chi connectivity index (χ2v) is 7.68. The summed E-state index contributed by atoms with van der Waals surface area (Å²) in [5.41, 5.74) is 0.691. The zero-order valence-corrected chi connectivity index (χ0v) is 14.8. The van der Waals surface area contributed by atoms with Crippen molar-refractivity contribution in [3.8, 4) is 0 Å². The molecule has 3 aliphatic carbocycles. The fourth-order valence-corrected chi connectivity index (χ4v) is 4.96. The SMILES string of the molecule is O=C(CN1C(=O)[C@@H]2[C@H](C1=O)[C@H]1C=C[C@H]2CC1)Nc1cccc2ccccc12. The molecule has 2 bridgehead atoms. The molecule has 0 spiro atoms. The second-order valence-electron chi connectivity index (χ2n) is 7.68. The third kappa shape index (κ3) is 2.49. The van der Waals surface area contributed by atoms with E-state index in [2.05, 4.69) is 17.5 Å². The Bertz CT molecular complexity index is 959. The first-order valence-electron chi connectivity index (χ1n) is 9.44. The summed E-state index contributed by atoms with van der Waals surface area (Å²) in [5, 5.41) is 4.83. The summed E-state index contributed by atoms with van der Waals surface area (Å²) in [6.07, 6.45) is 6.08. The quantitative estimate of drug-likeness (QED) is 0.676. The number of benzene rings is 2. The molecule has 1 aliphatic heterocycles. The van der Waals surface area contributed by atoms with Crippen LogP contribution in [0, 0.1) is 23.7 Å². The maximum Gasteiger partial charge on any atom is 0.244 e. The van der Waals surface area contributed by atoms with Gasteiger partial charge in [0.15, 0.2) is 0 Å². The van der Waals surface area contributed by atoms with Crippen molar-refractivity contribution in [2.45, 2.75) is 12.8 Å². The number of hydrogen-bond donors (Lipinski definition) is 1. The van der Waals surface area contributed by atoms with Gasteiger partial charge in [-0.25, -0.2) is 0 Å². The highest BCUT2D eigenvalue weighted by atomic mass is 16.2. The van der Waals surface area contributed by atoms with Gasteiger partial charge < -0.3 is 5.32 Å². The number of nitrogens with one attached hydrogen (secondary N) is 1. The fourth-order valence-electron chi connectivity index (χ4n) is 4.96. The van der Waals surface area contributed by atoms with Crippen molar-refractivity contribution < 1.29 is 14.4 Å². The number of rotatable bonds is 3. The van der Waals surface area contributed by atoms with Crippen LogP contribution in [-0.2, 0) is 14.4 Å². The van der Waals surface area contributed by atoms with Gasteiger partial charge in [-0.05, 0) is 36.1 Å². The highest BCUT2D eigenvalue weighted by molar-refractivity contribution is 6.10. The Kier molecular flexibility index (Phi) is 3.64. The Balaban J connectivity index is 1.36. The molecule has 0 aromatic heterocycles. The largest absolute Gasteiger partial charge is 0.324 e. The lowest BCUT2D eigenvalue weighted by molar-refractivity contribution is -0.142. The third-order valence-electron chi connectivity index (χ3n) is 6.22. The summed E-state index contributed by atoms with van der Waals surface area (Å²) < 4.78 is 0. The van der Waals surface area contributed by atoms with E-state index in [1.54, 1.807) is 0 Å². The molecule has 1 N–H and O–H groups in total. The van der Waals surface area contributed by atoms with Crippen molar-refractivity contribution >= 4 is 34.2 Å². The van der Waals surface area contributed by atoms with Crippen LogP contribution in [0.2, 0.25) is 0 Å². The van der Waals surface area contributed by atoms with Gasteiger partial charge in [0.2, 0.25) is 17.7 Å². The molecule has 27 heavy (non-hydrogen) atoms. The van der Waals surface area contributed by atoms with E-state index in [0.717, 1.165) is 23.6 Å². The number of nitrogens with zero attached hydrogens (tertiary/aromatic N) is 1. The third-order valence-corrected chi connectivity index (χ3v) is 6.22. The molecule has 3 amide bonds. The van der Waals surface area contributed by atoms with E-state index in [0.29, 0.717) is 5.69 Å². The Labute approximate surface area is 157 Å². The Morgan fingerprint density at radius 1 is 0.926 bits per heavy atom. The molecule has 5 nitrogen and oxygen atoms in total. The van der Waals surface area contributed by atoms with E-state index >= 15 is 0 Å². The molecule has 4 atom stereocenters. The zero-order chi connectivity index (χ0) is 18.5. The summed E-state index contributed by atoms with van der Waals surface area (Å²) in [7, 11) is 0. The average molecular weight is 360 g/mol. The van der Waals surface area contributed by atoms with Gasteiger partial charge in [0, 0.05) is 11.1 Å². The Morgan fingerprint density at radius 3 is 2.22 bits per heavy atom. The first-order chi connectivity index (χ1) is 13.1. The first kappa shape index (κ1) is 16.2. The lowest BCUT2D eigenvalue weighted by Crippen LogP contribution is -2.38. The van der Waals surface area contributed by atoms with Crippen molar-refractivity contribution in [3.63, 3.8) is 0 Å². The normalized spacial score (nSPS) is 28.7. The molecule has 1 saturated heterocycles. The predicted octanol–water partition coefficient (Wildman–Crippen LogP) is 2.98. The maximum absolute atomic E-state index is 12.8. The molecule has 0 radical (unpaired) electrons. The van der Waals surface area contributed by atoms with Crippen molar-refractivity contribution in [2.75, 3.05) is 11.9 Å². The van der Waals surface area contributed by atoms with Gasteiger partial charge in [-0.15, -0.1) is 0 Å². The summed E-state index contributed by atoms with van der Waals surface area (Å²) in [6.45, 7) is -0.215. The lowest BCUT2D eigenvalue weighted by atomic mass is 9.63. The number of anilines is 1. The van der Waals surface area contributed by atoms with Gasteiger partial charge in [-0.3, -0.25) is 19.3 Å². The molecule has 2 fully saturated rings. The number of carbonyl (C=O) groups is 3. The molecule has 6 rings (SSSR count). The van der Waals surface area contributed by atoms with Crippen LogP contribution in [0.25, 0.3) is 10.8 Å². The molecule has 136 valence electrons. The van der Waals surface area contributed by atoms with Crippen LogP contribution in [0.1, 0.15) is 12.8 Å². The first-order valence-corrected chi connectivity index (χ1v) is 9.44. The van der Waals surface area contributed by atoms with Gasteiger partial charge in [-0.1, -0.05) is 48.6 Å². The van der Waals surface area contributed by atoms with E-state index in [1.807, 2.05) is 42.5 Å². The smallest absolute Gasteiger partial charge is 0.244 e. The zero-order valence-electron chi connectivity index (χ0n) is 14.8. The van der Waals surface area contributed by atoms with Crippen LogP contribution in [0.4, 0.5) is 5.69 Å². The van der Waals surface area contributed by atoms with Crippen LogP contribution >= 0.6 is 0 Å². The number of likely N-dealkylation sites (tertiary alicyclic amines) is 1. The summed E-state index contributed by atoms with van der Waals surface area (Å²) >= 11 is 0. The molecule has 1 heterocycles.